The number of amides is 1. The van der Waals surface area contributed by atoms with Crippen LogP contribution in [-0.2, 0) is 34.0 Å². The Morgan fingerprint density at radius 1 is 1.03 bits per heavy atom. The molecule has 0 aliphatic carbocycles. The van der Waals surface area contributed by atoms with E-state index in [0.717, 1.165) is 17.7 Å². The summed E-state index contributed by atoms with van der Waals surface area (Å²) < 4.78 is 104. The van der Waals surface area contributed by atoms with Gasteiger partial charge in [0.1, 0.15) is 11.5 Å². The van der Waals surface area contributed by atoms with Crippen LogP contribution in [0.25, 0.3) is 0 Å². The molecule has 33 heavy (non-hydrogen) atoms. The maximum atomic E-state index is 12.7. The number of ether oxygens (including phenoxy) is 1. The molecule has 180 valence electrons. The van der Waals surface area contributed by atoms with Crippen molar-refractivity contribution in [2.24, 2.45) is 0 Å². The van der Waals surface area contributed by atoms with Crippen molar-refractivity contribution in [3.05, 3.63) is 59.2 Å². The second kappa shape index (κ2) is 9.21. The summed E-state index contributed by atoms with van der Waals surface area (Å²) in [6.45, 7) is -0.350. The van der Waals surface area contributed by atoms with Gasteiger partial charge in [-0.25, -0.2) is 13.1 Å². The first kappa shape index (κ1) is 24.8. The van der Waals surface area contributed by atoms with Crippen molar-refractivity contribution in [3.8, 4) is 11.5 Å². The van der Waals surface area contributed by atoms with Crippen LogP contribution < -0.4 is 9.46 Å². The standard InChI is InChI=1S/C20H18F6N2O4S/c21-19(22,23)14-4-6-15(7-5-14)32-17-3-1-2-13-12-28(11-9-16(13)17)18(29)8-10-27-33(30,31)20(24,25)26/h1-7,27H,8-12H2. The number of nitrogens with zero attached hydrogens (tertiary/aromatic N) is 1. The molecule has 0 aromatic heterocycles. The fourth-order valence-electron chi connectivity index (χ4n) is 3.25. The lowest BCUT2D eigenvalue weighted by Gasteiger charge is -2.30. The molecule has 6 nitrogen and oxygen atoms in total. The second-order valence-electron chi connectivity index (χ2n) is 7.18. The monoisotopic (exact) mass is 496 g/mol. The molecule has 0 saturated carbocycles. The van der Waals surface area contributed by atoms with Crippen molar-refractivity contribution in [1.29, 1.82) is 0 Å². The summed E-state index contributed by atoms with van der Waals surface area (Å²) in [6.07, 6.45) is -4.58. The third kappa shape index (κ3) is 5.96. The van der Waals surface area contributed by atoms with Crippen molar-refractivity contribution in [1.82, 2.24) is 9.62 Å². The minimum absolute atomic E-state index is 0.129. The summed E-state index contributed by atoms with van der Waals surface area (Å²) in [5.41, 5.74) is -4.81. The van der Waals surface area contributed by atoms with Gasteiger partial charge in [0, 0.05) is 31.6 Å². The lowest BCUT2D eigenvalue weighted by molar-refractivity contribution is -0.137. The van der Waals surface area contributed by atoms with E-state index >= 15 is 0 Å². The first-order chi connectivity index (χ1) is 15.3. The molecule has 0 spiro atoms. The molecule has 2 aromatic rings. The van der Waals surface area contributed by atoms with Gasteiger partial charge in [0.25, 0.3) is 0 Å². The van der Waals surface area contributed by atoms with E-state index in [0.29, 0.717) is 17.7 Å². The summed E-state index contributed by atoms with van der Waals surface area (Å²) in [4.78, 5) is 13.7. The van der Waals surface area contributed by atoms with Crippen molar-refractivity contribution >= 4 is 15.9 Å². The van der Waals surface area contributed by atoms with Crippen LogP contribution in [0.1, 0.15) is 23.1 Å². The fraction of sp³-hybridized carbons (Fsp3) is 0.350. The summed E-state index contributed by atoms with van der Waals surface area (Å²) in [7, 11) is -5.52. The molecule has 13 heteroatoms. The molecule has 1 aliphatic heterocycles. The van der Waals surface area contributed by atoms with Crippen molar-refractivity contribution in [2.45, 2.75) is 31.1 Å². The molecule has 3 rings (SSSR count). The quantitative estimate of drug-likeness (QED) is 0.608. The number of alkyl halides is 6. The molecule has 1 heterocycles. The number of hydrogen-bond donors (Lipinski definition) is 1. The molecule has 0 unspecified atom stereocenters. The Labute approximate surface area is 185 Å². The Hall–Kier alpha value is -2.80. The number of halogens is 6. The number of nitrogens with one attached hydrogen (secondary N) is 1. The summed E-state index contributed by atoms with van der Waals surface area (Å²) in [5.74, 6) is 0.0868. The first-order valence-electron chi connectivity index (χ1n) is 9.57. The van der Waals surface area contributed by atoms with Crippen LogP contribution in [0.2, 0.25) is 0 Å². The van der Waals surface area contributed by atoms with Crippen LogP contribution in [-0.4, -0.2) is 37.8 Å². The van der Waals surface area contributed by atoms with E-state index in [1.807, 2.05) is 0 Å². The molecule has 0 atom stereocenters. The zero-order valence-electron chi connectivity index (χ0n) is 16.8. The van der Waals surface area contributed by atoms with Crippen LogP contribution in [0, 0.1) is 0 Å². The Morgan fingerprint density at radius 2 is 1.70 bits per heavy atom. The number of hydrogen-bond acceptors (Lipinski definition) is 4. The minimum atomic E-state index is -5.52. The van der Waals surface area contributed by atoms with Crippen LogP contribution in [0.5, 0.6) is 11.5 Å². The van der Waals surface area contributed by atoms with Crippen molar-refractivity contribution in [2.75, 3.05) is 13.1 Å². The van der Waals surface area contributed by atoms with Gasteiger partial charge in [-0.1, -0.05) is 12.1 Å². The zero-order valence-corrected chi connectivity index (χ0v) is 17.6. The molecule has 1 N–H and O–H groups in total. The van der Waals surface area contributed by atoms with Gasteiger partial charge in [-0.2, -0.15) is 26.3 Å². The number of carbonyl (C=O) groups excluding carboxylic acids is 1. The molecule has 0 bridgehead atoms. The molecule has 2 aromatic carbocycles. The largest absolute Gasteiger partial charge is 0.511 e. The number of sulfonamides is 1. The van der Waals surface area contributed by atoms with E-state index in [1.54, 1.807) is 18.2 Å². The molecular formula is C20H18F6N2O4S. The Morgan fingerprint density at radius 3 is 2.30 bits per heavy atom. The normalized spacial score (nSPS) is 14.7. The van der Waals surface area contributed by atoms with E-state index in [4.69, 9.17) is 4.74 Å². The Balaban J connectivity index is 1.63. The number of fused-ring (bicyclic) bond motifs is 1. The van der Waals surface area contributed by atoms with E-state index in [-0.39, 0.29) is 18.8 Å². The zero-order chi connectivity index (χ0) is 24.4. The van der Waals surface area contributed by atoms with Gasteiger partial charge in [0.15, 0.2) is 0 Å². The van der Waals surface area contributed by atoms with Crippen LogP contribution in [0.4, 0.5) is 26.3 Å². The third-order valence-corrected chi connectivity index (χ3v) is 6.11. The van der Waals surface area contributed by atoms with Gasteiger partial charge in [0.05, 0.1) is 5.56 Å². The molecule has 1 aliphatic rings. The summed E-state index contributed by atoms with van der Waals surface area (Å²) >= 11 is 0. The lowest BCUT2D eigenvalue weighted by Crippen LogP contribution is -2.40. The highest BCUT2D eigenvalue weighted by Gasteiger charge is 2.45. The smallest absolute Gasteiger partial charge is 0.457 e. The summed E-state index contributed by atoms with van der Waals surface area (Å²) in [6, 6.07) is 9.20. The first-order valence-corrected chi connectivity index (χ1v) is 11.1. The highest BCUT2D eigenvalue weighted by atomic mass is 32.2. The van der Waals surface area contributed by atoms with Crippen molar-refractivity contribution < 1.29 is 44.3 Å². The topological polar surface area (TPSA) is 75.7 Å². The van der Waals surface area contributed by atoms with E-state index in [2.05, 4.69) is 0 Å². The highest BCUT2D eigenvalue weighted by Crippen LogP contribution is 2.34. The van der Waals surface area contributed by atoms with Crippen LogP contribution in [0.15, 0.2) is 42.5 Å². The lowest BCUT2D eigenvalue weighted by atomic mass is 9.98. The number of benzene rings is 2. The minimum Gasteiger partial charge on any atom is -0.457 e. The van der Waals surface area contributed by atoms with E-state index in [9.17, 15) is 39.6 Å². The van der Waals surface area contributed by atoms with Gasteiger partial charge in [-0.3, -0.25) is 4.79 Å². The average molecular weight is 496 g/mol. The number of rotatable bonds is 6. The molecule has 1 amide bonds. The Kier molecular flexibility index (Phi) is 6.93. The molecular weight excluding hydrogens is 478 g/mol. The van der Waals surface area contributed by atoms with Gasteiger partial charge in [-0.15, -0.1) is 0 Å². The summed E-state index contributed by atoms with van der Waals surface area (Å²) in [5, 5.41) is 0. The van der Waals surface area contributed by atoms with Gasteiger partial charge < -0.3 is 9.64 Å². The second-order valence-corrected chi connectivity index (χ2v) is 8.94. The molecule has 0 saturated heterocycles. The average Bonchev–Trinajstić information content (AvgIpc) is 2.72. The maximum Gasteiger partial charge on any atom is 0.511 e. The highest BCUT2D eigenvalue weighted by molar-refractivity contribution is 7.90. The van der Waals surface area contributed by atoms with Gasteiger partial charge >= 0.3 is 21.7 Å². The Bertz CT molecular complexity index is 1110. The van der Waals surface area contributed by atoms with Crippen LogP contribution in [0.3, 0.4) is 0 Å². The fourth-order valence-corrected chi connectivity index (χ4v) is 3.79. The predicted octanol–water partition coefficient (Wildman–Crippen LogP) is 4.21. The van der Waals surface area contributed by atoms with Gasteiger partial charge in [-0.05, 0) is 42.3 Å². The van der Waals surface area contributed by atoms with Crippen LogP contribution >= 0.6 is 0 Å². The third-order valence-electron chi connectivity index (χ3n) is 4.92. The molecule has 0 fully saturated rings. The van der Waals surface area contributed by atoms with E-state index in [1.165, 1.54) is 21.8 Å². The number of carbonyl (C=O) groups is 1. The van der Waals surface area contributed by atoms with Crippen molar-refractivity contribution in [3.63, 3.8) is 0 Å². The van der Waals surface area contributed by atoms with Gasteiger partial charge in [0.2, 0.25) is 5.91 Å². The maximum absolute atomic E-state index is 12.7. The molecule has 0 radical (unpaired) electrons. The SMILES string of the molecule is O=C(CCNS(=O)(=O)C(F)(F)F)N1CCc2c(cccc2Oc2ccc(C(F)(F)F)cc2)C1. The van der Waals surface area contributed by atoms with E-state index < -0.39 is 46.1 Å². The predicted molar refractivity (Wildman–Crippen MR) is 105 cm³/mol.